The molecule has 1 aromatic carbocycles. The zero-order valence-electron chi connectivity index (χ0n) is 11.3. The van der Waals surface area contributed by atoms with Crippen molar-refractivity contribution in [3.05, 3.63) is 36.0 Å². The molecule has 3 nitrogen and oxygen atoms in total. The van der Waals surface area contributed by atoms with Crippen LogP contribution in [-0.4, -0.2) is 24.3 Å². The van der Waals surface area contributed by atoms with Crippen LogP contribution in [0.5, 0.6) is 0 Å². The second-order valence-electron chi connectivity index (χ2n) is 5.46. The van der Waals surface area contributed by atoms with Crippen LogP contribution in [-0.2, 0) is 17.7 Å². The Morgan fingerprint density at radius 1 is 1.21 bits per heavy atom. The summed E-state index contributed by atoms with van der Waals surface area (Å²) >= 11 is 0. The molecule has 0 spiro atoms. The molecule has 0 aliphatic carbocycles. The third-order valence-corrected chi connectivity index (χ3v) is 4.06. The molecule has 1 saturated heterocycles. The van der Waals surface area contributed by atoms with Gasteiger partial charge in [0.05, 0.1) is 0 Å². The van der Waals surface area contributed by atoms with Gasteiger partial charge in [0.1, 0.15) is 0 Å². The number of hydrogen-bond donors (Lipinski definition) is 1. The topological polar surface area (TPSA) is 40.2 Å². The lowest BCUT2D eigenvalue weighted by Gasteiger charge is -2.22. The van der Waals surface area contributed by atoms with E-state index in [0.717, 1.165) is 32.1 Å². The van der Waals surface area contributed by atoms with E-state index in [1.54, 1.807) is 0 Å². The fourth-order valence-corrected chi connectivity index (χ4v) is 2.94. The first kappa shape index (κ1) is 12.7. The highest BCUT2D eigenvalue weighted by atomic mass is 16.5. The SMILES string of the molecule is NCCc1ccc2c(ccn2CC2CCOCC2)c1. The number of nitrogens with two attached hydrogens (primary N) is 1. The Labute approximate surface area is 114 Å². The zero-order chi connectivity index (χ0) is 13.1. The van der Waals surface area contributed by atoms with Crippen LogP contribution in [0.4, 0.5) is 0 Å². The number of fused-ring (bicyclic) bond motifs is 1. The summed E-state index contributed by atoms with van der Waals surface area (Å²) in [5.74, 6) is 0.757. The molecule has 3 rings (SSSR count). The van der Waals surface area contributed by atoms with Gasteiger partial charge >= 0.3 is 0 Å². The predicted molar refractivity (Wildman–Crippen MR) is 78.2 cm³/mol. The quantitative estimate of drug-likeness (QED) is 0.915. The van der Waals surface area contributed by atoms with Crippen LogP contribution in [0, 0.1) is 5.92 Å². The Kier molecular flexibility index (Phi) is 3.85. The van der Waals surface area contributed by atoms with Gasteiger partial charge in [-0.05, 0) is 60.9 Å². The summed E-state index contributed by atoms with van der Waals surface area (Å²) in [6.07, 6.45) is 5.54. The van der Waals surface area contributed by atoms with Crippen LogP contribution in [0.15, 0.2) is 30.5 Å². The van der Waals surface area contributed by atoms with E-state index < -0.39 is 0 Å². The summed E-state index contributed by atoms with van der Waals surface area (Å²) in [6.45, 7) is 3.67. The minimum atomic E-state index is 0.717. The highest BCUT2D eigenvalue weighted by Crippen LogP contribution is 2.22. The van der Waals surface area contributed by atoms with Gasteiger partial charge in [-0.3, -0.25) is 0 Å². The van der Waals surface area contributed by atoms with Crippen LogP contribution < -0.4 is 5.73 Å². The van der Waals surface area contributed by atoms with E-state index in [2.05, 4.69) is 35.0 Å². The molecule has 0 saturated carbocycles. The Morgan fingerprint density at radius 3 is 2.84 bits per heavy atom. The standard InChI is InChI=1S/C16H22N2O/c17-7-3-13-1-2-16-15(11-13)4-8-18(16)12-14-5-9-19-10-6-14/h1-2,4,8,11,14H,3,5-7,9-10,12,17H2. The normalized spacial score (nSPS) is 17.1. The highest BCUT2D eigenvalue weighted by Gasteiger charge is 2.15. The van der Waals surface area contributed by atoms with Gasteiger partial charge < -0.3 is 15.0 Å². The lowest BCUT2D eigenvalue weighted by atomic mass is 10.0. The van der Waals surface area contributed by atoms with Crippen molar-refractivity contribution in [3.63, 3.8) is 0 Å². The molecule has 0 atom stereocenters. The monoisotopic (exact) mass is 258 g/mol. The Hall–Kier alpha value is -1.32. The molecule has 3 heteroatoms. The molecule has 102 valence electrons. The van der Waals surface area contributed by atoms with Gasteiger partial charge in [0.15, 0.2) is 0 Å². The van der Waals surface area contributed by atoms with Crippen molar-refractivity contribution in [2.75, 3.05) is 19.8 Å². The predicted octanol–water partition coefficient (Wildman–Crippen LogP) is 2.57. The molecular weight excluding hydrogens is 236 g/mol. The molecule has 1 aliphatic rings. The average molecular weight is 258 g/mol. The summed E-state index contributed by atoms with van der Waals surface area (Å²) < 4.78 is 7.81. The molecule has 0 amide bonds. The summed E-state index contributed by atoms with van der Waals surface area (Å²) in [6, 6.07) is 8.92. The van der Waals surface area contributed by atoms with Gasteiger partial charge in [-0.15, -0.1) is 0 Å². The van der Waals surface area contributed by atoms with Gasteiger partial charge in [-0.25, -0.2) is 0 Å². The number of nitrogens with zero attached hydrogens (tertiary/aromatic N) is 1. The Balaban J connectivity index is 1.80. The zero-order valence-corrected chi connectivity index (χ0v) is 11.3. The van der Waals surface area contributed by atoms with Gasteiger partial charge in [0.2, 0.25) is 0 Å². The maximum Gasteiger partial charge on any atom is 0.0480 e. The van der Waals surface area contributed by atoms with Gasteiger partial charge in [-0.2, -0.15) is 0 Å². The summed E-state index contributed by atoms with van der Waals surface area (Å²) in [4.78, 5) is 0. The lowest BCUT2D eigenvalue weighted by Crippen LogP contribution is -2.20. The van der Waals surface area contributed by atoms with Crippen LogP contribution in [0.1, 0.15) is 18.4 Å². The maximum atomic E-state index is 5.62. The second-order valence-corrected chi connectivity index (χ2v) is 5.46. The molecule has 0 unspecified atom stereocenters. The number of hydrogen-bond acceptors (Lipinski definition) is 2. The van der Waals surface area contributed by atoms with E-state index in [9.17, 15) is 0 Å². The smallest absolute Gasteiger partial charge is 0.0480 e. The second kappa shape index (κ2) is 5.76. The number of rotatable bonds is 4. The van der Waals surface area contributed by atoms with Gasteiger partial charge in [-0.1, -0.05) is 6.07 Å². The van der Waals surface area contributed by atoms with Crippen molar-refractivity contribution in [1.29, 1.82) is 0 Å². The van der Waals surface area contributed by atoms with E-state index in [1.165, 1.54) is 29.3 Å². The third kappa shape index (κ3) is 2.82. The third-order valence-electron chi connectivity index (χ3n) is 4.06. The number of ether oxygens (including phenoxy) is 1. The largest absolute Gasteiger partial charge is 0.381 e. The molecule has 1 aromatic heterocycles. The minimum absolute atomic E-state index is 0.717. The van der Waals surface area contributed by atoms with Crippen molar-refractivity contribution in [2.24, 2.45) is 11.7 Å². The fourth-order valence-electron chi connectivity index (χ4n) is 2.94. The van der Waals surface area contributed by atoms with Crippen LogP contribution in [0.3, 0.4) is 0 Å². The van der Waals surface area contributed by atoms with E-state index in [4.69, 9.17) is 10.5 Å². The number of aromatic nitrogens is 1. The van der Waals surface area contributed by atoms with Crippen LogP contribution in [0.2, 0.25) is 0 Å². The minimum Gasteiger partial charge on any atom is -0.381 e. The summed E-state index contributed by atoms with van der Waals surface area (Å²) in [5.41, 5.74) is 8.29. The molecular formula is C16H22N2O. The molecule has 2 heterocycles. The molecule has 0 bridgehead atoms. The first-order valence-electron chi connectivity index (χ1n) is 7.22. The first-order valence-corrected chi connectivity index (χ1v) is 7.22. The molecule has 2 N–H and O–H groups in total. The lowest BCUT2D eigenvalue weighted by molar-refractivity contribution is 0.0616. The van der Waals surface area contributed by atoms with Crippen LogP contribution >= 0.6 is 0 Å². The van der Waals surface area contributed by atoms with Crippen molar-refractivity contribution < 1.29 is 4.74 Å². The molecule has 2 aromatic rings. The molecule has 1 aliphatic heterocycles. The van der Waals surface area contributed by atoms with E-state index in [-0.39, 0.29) is 0 Å². The Bertz CT molecular complexity index is 541. The Morgan fingerprint density at radius 2 is 2.05 bits per heavy atom. The van der Waals surface area contributed by atoms with Gasteiger partial charge in [0, 0.05) is 31.5 Å². The summed E-state index contributed by atoms with van der Waals surface area (Å²) in [5, 5.41) is 1.33. The van der Waals surface area contributed by atoms with Crippen molar-refractivity contribution in [1.82, 2.24) is 4.57 Å². The van der Waals surface area contributed by atoms with Crippen molar-refractivity contribution in [3.8, 4) is 0 Å². The maximum absolute atomic E-state index is 5.62. The van der Waals surface area contributed by atoms with E-state index in [1.807, 2.05) is 0 Å². The molecule has 19 heavy (non-hydrogen) atoms. The van der Waals surface area contributed by atoms with Crippen molar-refractivity contribution >= 4 is 10.9 Å². The van der Waals surface area contributed by atoms with E-state index >= 15 is 0 Å². The number of benzene rings is 1. The highest BCUT2D eigenvalue weighted by molar-refractivity contribution is 5.80. The molecule has 1 fully saturated rings. The summed E-state index contributed by atoms with van der Waals surface area (Å²) in [7, 11) is 0. The first-order chi connectivity index (χ1) is 9.36. The fraction of sp³-hybridized carbons (Fsp3) is 0.500. The van der Waals surface area contributed by atoms with Gasteiger partial charge in [0.25, 0.3) is 0 Å². The van der Waals surface area contributed by atoms with Crippen LogP contribution in [0.25, 0.3) is 10.9 Å². The van der Waals surface area contributed by atoms with Crippen molar-refractivity contribution in [2.45, 2.75) is 25.8 Å². The van der Waals surface area contributed by atoms with E-state index in [0.29, 0.717) is 6.54 Å². The average Bonchev–Trinajstić information content (AvgIpc) is 2.83. The molecule has 0 radical (unpaired) electrons.